The van der Waals surface area contributed by atoms with Gasteiger partial charge in [-0.15, -0.1) is 0 Å². The second kappa shape index (κ2) is 8.41. The molecule has 0 radical (unpaired) electrons. The van der Waals surface area contributed by atoms with Gasteiger partial charge in [0, 0.05) is 49.9 Å². The minimum atomic E-state index is -0.0351. The predicted octanol–water partition coefficient (Wildman–Crippen LogP) is 3.15. The highest BCUT2D eigenvalue weighted by Crippen LogP contribution is 2.36. The van der Waals surface area contributed by atoms with Crippen LogP contribution in [-0.2, 0) is 0 Å². The summed E-state index contributed by atoms with van der Waals surface area (Å²) in [4.78, 5) is 21.5. The average molecular weight is 363 g/mol. The number of amides is 2. The highest BCUT2D eigenvalue weighted by atomic mass is 32.2. The molecule has 1 aromatic rings. The van der Waals surface area contributed by atoms with E-state index in [1.54, 1.807) is 11.1 Å². The van der Waals surface area contributed by atoms with Gasteiger partial charge in [0.2, 0.25) is 0 Å². The summed E-state index contributed by atoms with van der Waals surface area (Å²) >= 11 is 2.04. The topological polar surface area (TPSA) is 48.5 Å². The zero-order chi connectivity index (χ0) is 17.7. The quantitative estimate of drug-likeness (QED) is 0.874. The Morgan fingerprint density at radius 3 is 2.72 bits per heavy atom. The van der Waals surface area contributed by atoms with E-state index in [0.717, 1.165) is 25.3 Å². The van der Waals surface area contributed by atoms with Gasteiger partial charge in [-0.3, -0.25) is 9.88 Å². The average Bonchev–Trinajstić information content (AvgIpc) is 3.16. The Labute approximate surface area is 155 Å². The van der Waals surface area contributed by atoms with Crippen LogP contribution < -0.4 is 5.32 Å². The maximum atomic E-state index is 12.7. The van der Waals surface area contributed by atoms with Gasteiger partial charge in [-0.1, -0.05) is 18.9 Å². The van der Waals surface area contributed by atoms with Crippen LogP contribution in [0.15, 0.2) is 24.4 Å². The van der Waals surface area contributed by atoms with Crippen LogP contribution in [0.2, 0.25) is 0 Å². The minimum absolute atomic E-state index is 0.00388. The number of aromatic nitrogens is 1. The van der Waals surface area contributed by atoms with Crippen LogP contribution in [0, 0.1) is 0 Å². The number of carbonyl (C=O) groups is 1. The van der Waals surface area contributed by atoms with Gasteiger partial charge in [0.15, 0.2) is 0 Å². The van der Waals surface area contributed by atoms with Crippen molar-refractivity contribution in [2.75, 3.05) is 38.2 Å². The van der Waals surface area contributed by atoms with Gasteiger partial charge in [0.05, 0.1) is 11.7 Å². The largest absolute Gasteiger partial charge is 0.336 e. The third-order valence-corrected chi connectivity index (χ3v) is 6.74. The van der Waals surface area contributed by atoms with Crippen LogP contribution in [0.1, 0.15) is 44.3 Å². The standard InChI is InChI=1S/C19H30N4OS/c1-16(17-7-3-6-10-20-17)22(2)18(24)21-15-19(8-4-5-9-19)23-11-13-25-14-12-23/h3,6-7,10,16H,4-5,8-9,11-15H2,1-2H3,(H,21,24). The molecule has 0 bridgehead atoms. The molecule has 25 heavy (non-hydrogen) atoms. The van der Waals surface area contributed by atoms with Gasteiger partial charge in [0.25, 0.3) is 0 Å². The van der Waals surface area contributed by atoms with Gasteiger partial charge >= 0.3 is 6.03 Å². The third-order valence-electron chi connectivity index (χ3n) is 5.80. The highest BCUT2D eigenvalue weighted by molar-refractivity contribution is 7.99. The van der Waals surface area contributed by atoms with Gasteiger partial charge in [-0.2, -0.15) is 11.8 Å². The normalized spacial score (nSPS) is 21.7. The molecule has 2 aliphatic rings. The second-order valence-electron chi connectivity index (χ2n) is 7.23. The zero-order valence-corrected chi connectivity index (χ0v) is 16.2. The van der Waals surface area contributed by atoms with E-state index in [1.807, 2.05) is 43.9 Å². The van der Waals surface area contributed by atoms with Crippen LogP contribution in [0.25, 0.3) is 0 Å². The molecule has 0 aromatic carbocycles. The fourth-order valence-corrected chi connectivity index (χ4v) is 4.94. The van der Waals surface area contributed by atoms with E-state index in [1.165, 1.54) is 37.2 Å². The number of hydrogen-bond acceptors (Lipinski definition) is 4. The lowest BCUT2D eigenvalue weighted by Gasteiger charge is -2.43. The van der Waals surface area contributed by atoms with Gasteiger partial charge in [-0.25, -0.2) is 4.79 Å². The van der Waals surface area contributed by atoms with Crippen molar-refractivity contribution in [2.45, 2.75) is 44.2 Å². The highest BCUT2D eigenvalue weighted by Gasteiger charge is 2.40. The Kier molecular flexibility index (Phi) is 6.23. The van der Waals surface area contributed by atoms with E-state index in [9.17, 15) is 4.79 Å². The molecule has 0 spiro atoms. The summed E-state index contributed by atoms with van der Waals surface area (Å²) in [5.41, 5.74) is 1.09. The lowest BCUT2D eigenvalue weighted by atomic mass is 9.94. The summed E-state index contributed by atoms with van der Waals surface area (Å²) in [5, 5.41) is 3.22. The second-order valence-corrected chi connectivity index (χ2v) is 8.46. The van der Waals surface area contributed by atoms with E-state index in [2.05, 4.69) is 15.2 Å². The maximum absolute atomic E-state index is 12.7. The van der Waals surface area contributed by atoms with Crippen molar-refractivity contribution in [3.63, 3.8) is 0 Å². The van der Waals surface area contributed by atoms with Crippen molar-refractivity contribution in [1.82, 2.24) is 20.1 Å². The molecule has 1 N–H and O–H groups in total. The molecule has 2 fully saturated rings. The number of rotatable bonds is 5. The van der Waals surface area contributed by atoms with Crippen molar-refractivity contribution in [3.05, 3.63) is 30.1 Å². The number of nitrogens with zero attached hydrogens (tertiary/aromatic N) is 3. The van der Waals surface area contributed by atoms with Crippen LogP contribution >= 0.6 is 11.8 Å². The summed E-state index contributed by atoms with van der Waals surface area (Å²) < 4.78 is 0. The molecule has 5 nitrogen and oxygen atoms in total. The molecule has 1 aromatic heterocycles. The van der Waals surface area contributed by atoms with Crippen LogP contribution in [-0.4, -0.2) is 64.5 Å². The van der Waals surface area contributed by atoms with Crippen LogP contribution in [0.3, 0.4) is 0 Å². The van der Waals surface area contributed by atoms with E-state index in [4.69, 9.17) is 0 Å². The molecule has 2 amide bonds. The lowest BCUT2D eigenvalue weighted by molar-refractivity contribution is 0.101. The fourth-order valence-electron chi connectivity index (χ4n) is 4.04. The SMILES string of the molecule is CC(c1ccccn1)N(C)C(=O)NCC1(N2CCSCC2)CCCC1. The molecule has 1 atom stereocenters. The maximum Gasteiger partial charge on any atom is 0.317 e. The molecule has 3 rings (SSSR count). The summed E-state index contributed by atoms with van der Waals surface area (Å²) in [6.07, 6.45) is 6.74. The lowest BCUT2D eigenvalue weighted by Crippen LogP contribution is -2.57. The Balaban J connectivity index is 1.59. The number of hydrogen-bond donors (Lipinski definition) is 1. The molecule has 1 unspecified atom stereocenters. The molecule has 1 aliphatic carbocycles. The van der Waals surface area contributed by atoms with E-state index >= 15 is 0 Å². The molecule has 1 saturated heterocycles. The monoisotopic (exact) mass is 362 g/mol. The molecule has 2 heterocycles. The van der Waals surface area contributed by atoms with Gasteiger partial charge in [0.1, 0.15) is 0 Å². The zero-order valence-electron chi connectivity index (χ0n) is 15.4. The smallest absolute Gasteiger partial charge is 0.317 e. The molecule has 1 saturated carbocycles. The number of thioether (sulfide) groups is 1. The first kappa shape index (κ1) is 18.5. The number of urea groups is 1. The first-order valence-electron chi connectivity index (χ1n) is 9.37. The Bertz CT molecular complexity index is 556. The van der Waals surface area contributed by atoms with Gasteiger partial charge in [-0.05, 0) is 31.9 Å². The molecule has 6 heteroatoms. The summed E-state index contributed by atoms with van der Waals surface area (Å²) in [6.45, 7) is 5.09. The van der Waals surface area contributed by atoms with Crippen LogP contribution in [0.4, 0.5) is 4.79 Å². The fraction of sp³-hybridized carbons (Fsp3) is 0.684. The first-order valence-corrected chi connectivity index (χ1v) is 10.5. The molecular weight excluding hydrogens is 332 g/mol. The first-order chi connectivity index (χ1) is 12.1. The van der Waals surface area contributed by atoms with Crippen molar-refractivity contribution >= 4 is 17.8 Å². The predicted molar refractivity (Wildman–Crippen MR) is 104 cm³/mol. The molecule has 138 valence electrons. The summed E-state index contributed by atoms with van der Waals surface area (Å²) in [5.74, 6) is 2.43. The summed E-state index contributed by atoms with van der Waals surface area (Å²) in [7, 11) is 1.85. The van der Waals surface area contributed by atoms with Crippen molar-refractivity contribution in [1.29, 1.82) is 0 Å². The van der Waals surface area contributed by atoms with E-state index in [0.29, 0.717) is 0 Å². The van der Waals surface area contributed by atoms with Crippen molar-refractivity contribution in [2.24, 2.45) is 0 Å². The minimum Gasteiger partial charge on any atom is -0.336 e. The molecule has 1 aliphatic heterocycles. The number of pyridine rings is 1. The van der Waals surface area contributed by atoms with E-state index < -0.39 is 0 Å². The van der Waals surface area contributed by atoms with E-state index in [-0.39, 0.29) is 17.6 Å². The Hall–Kier alpha value is -1.27. The van der Waals surface area contributed by atoms with Crippen molar-refractivity contribution < 1.29 is 4.79 Å². The van der Waals surface area contributed by atoms with Crippen LogP contribution in [0.5, 0.6) is 0 Å². The van der Waals surface area contributed by atoms with Gasteiger partial charge < -0.3 is 10.2 Å². The number of nitrogens with one attached hydrogen (secondary N) is 1. The third kappa shape index (κ3) is 4.29. The summed E-state index contributed by atoms with van der Waals surface area (Å²) in [6, 6.07) is 5.80. The Morgan fingerprint density at radius 1 is 1.36 bits per heavy atom. The van der Waals surface area contributed by atoms with Crippen molar-refractivity contribution in [3.8, 4) is 0 Å². The molecular formula is C19H30N4OS. The number of carbonyl (C=O) groups excluding carboxylic acids is 1. The Morgan fingerprint density at radius 2 is 2.08 bits per heavy atom.